The van der Waals surface area contributed by atoms with Crippen LogP contribution in [-0.4, -0.2) is 76.2 Å². The number of benzene rings is 1. The van der Waals surface area contributed by atoms with Crippen LogP contribution in [0.3, 0.4) is 0 Å². The second-order valence-corrected chi connectivity index (χ2v) is 11.8. The topological polar surface area (TPSA) is 113 Å². The molecule has 11 heteroatoms. The predicted octanol–water partition coefficient (Wildman–Crippen LogP) is 2.92. The summed E-state index contributed by atoms with van der Waals surface area (Å²) >= 11 is 0. The minimum Gasteiger partial charge on any atom is -0.493 e. The highest BCUT2D eigenvalue weighted by atomic mass is 32.2. The summed E-state index contributed by atoms with van der Waals surface area (Å²) < 4.78 is 36.2. The minimum atomic E-state index is -3.72. The van der Waals surface area contributed by atoms with Crippen molar-refractivity contribution >= 4 is 21.1 Å². The molecule has 2 aliphatic rings. The average Bonchev–Trinajstić information content (AvgIpc) is 3.53. The second kappa shape index (κ2) is 10.5. The van der Waals surface area contributed by atoms with Gasteiger partial charge in [0.2, 0.25) is 10.0 Å². The van der Waals surface area contributed by atoms with E-state index in [4.69, 9.17) is 9.72 Å². The smallest absolute Gasteiger partial charge is 0.277 e. The van der Waals surface area contributed by atoms with E-state index in [1.807, 2.05) is 13.8 Å². The zero-order chi connectivity index (χ0) is 26.2. The fourth-order valence-corrected chi connectivity index (χ4v) is 7.09. The van der Waals surface area contributed by atoms with E-state index in [1.54, 1.807) is 34.2 Å². The largest absolute Gasteiger partial charge is 0.493 e. The van der Waals surface area contributed by atoms with Crippen molar-refractivity contribution in [3.63, 3.8) is 0 Å². The number of H-pyrrole nitrogens is 1. The zero-order valence-electron chi connectivity index (χ0n) is 21.9. The summed E-state index contributed by atoms with van der Waals surface area (Å²) in [5.41, 5.74) is 1.79. The molecule has 0 unspecified atom stereocenters. The lowest BCUT2D eigenvalue weighted by atomic mass is 10.1. The van der Waals surface area contributed by atoms with E-state index in [9.17, 15) is 13.2 Å². The number of hydrogen-bond donors (Lipinski definition) is 1. The highest BCUT2D eigenvalue weighted by Crippen LogP contribution is 2.33. The van der Waals surface area contributed by atoms with E-state index in [0.29, 0.717) is 54.5 Å². The van der Waals surface area contributed by atoms with Gasteiger partial charge in [-0.25, -0.2) is 13.4 Å². The van der Waals surface area contributed by atoms with E-state index in [1.165, 1.54) is 25.7 Å². The van der Waals surface area contributed by atoms with Gasteiger partial charge in [0, 0.05) is 39.3 Å². The number of nitrogens with zero attached hydrogens (tertiary/aromatic N) is 5. The maximum atomic E-state index is 13.7. The van der Waals surface area contributed by atoms with Crippen molar-refractivity contribution in [2.24, 2.45) is 7.05 Å². The SMILES string of the molecule is CCCc1nn(C)c2c(=O)[nH]c(-c3cc(S(=O)(=O)N4CCN(C5CCCC5)CC4)ccc3OCC)nc12. The molecule has 0 radical (unpaired) electrons. The number of piperazine rings is 1. The van der Waals surface area contributed by atoms with E-state index in [-0.39, 0.29) is 16.3 Å². The molecular formula is C26H36N6O4S. The monoisotopic (exact) mass is 528 g/mol. The molecule has 200 valence electrons. The molecule has 3 aromatic rings. The maximum absolute atomic E-state index is 13.7. The third-order valence-corrected chi connectivity index (χ3v) is 9.40. The molecule has 5 rings (SSSR count). The quantitative estimate of drug-likeness (QED) is 0.478. The Morgan fingerprint density at radius 1 is 1.11 bits per heavy atom. The Morgan fingerprint density at radius 2 is 1.84 bits per heavy atom. The Bertz CT molecular complexity index is 1430. The lowest BCUT2D eigenvalue weighted by molar-refractivity contribution is 0.139. The number of nitrogens with one attached hydrogen (secondary N) is 1. The normalized spacial score (nSPS) is 18.1. The van der Waals surface area contributed by atoms with Crippen LogP contribution in [0.5, 0.6) is 5.75 Å². The Balaban J connectivity index is 1.50. The summed E-state index contributed by atoms with van der Waals surface area (Å²) in [6.45, 7) is 6.74. The van der Waals surface area contributed by atoms with Crippen LogP contribution in [0.4, 0.5) is 0 Å². The summed E-state index contributed by atoms with van der Waals surface area (Å²) in [4.78, 5) is 23.2. The number of fused-ring (bicyclic) bond motifs is 1. The molecule has 0 spiro atoms. The summed E-state index contributed by atoms with van der Waals surface area (Å²) in [5.74, 6) is 0.741. The molecule has 1 saturated carbocycles. The van der Waals surface area contributed by atoms with Gasteiger partial charge in [-0.15, -0.1) is 0 Å². The number of aryl methyl sites for hydroxylation is 2. The minimum absolute atomic E-state index is 0.169. The van der Waals surface area contributed by atoms with Gasteiger partial charge < -0.3 is 9.72 Å². The summed E-state index contributed by atoms with van der Waals surface area (Å²) in [6, 6.07) is 5.39. The van der Waals surface area contributed by atoms with Gasteiger partial charge in [-0.3, -0.25) is 14.4 Å². The second-order valence-electron chi connectivity index (χ2n) is 9.90. The molecule has 1 aromatic carbocycles. The number of aromatic nitrogens is 4. The van der Waals surface area contributed by atoms with Gasteiger partial charge in [0.05, 0.1) is 22.8 Å². The van der Waals surface area contributed by atoms with Crippen LogP contribution in [0.25, 0.3) is 22.4 Å². The third kappa shape index (κ3) is 4.92. The Hall–Kier alpha value is -2.76. The van der Waals surface area contributed by atoms with E-state index in [2.05, 4.69) is 15.0 Å². The molecular weight excluding hydrogens is 492 g/mol. The number of hydrogen-bond acceptors (Lipinski definition) is 7. The van der Waals surface area contributed by atoms with Crippen LogP contribution in [0.15, 0.2) is 27.9 Å². The highest BCUT2D eigenvalue weighted by molar-refractivity contribution is 7.89. The molecule has 3 heterocycles. The first-order chi connectivity index (χ1) is 17.8. The molecule has 1 aliphatic carbocycles. The first-order valence-electron chi connectivity index (χ1n) is 13.3. The molecule has 1 saturated heterocycles. The van der Waals surface area contributed by atoms with Crippen molar-refractivity contribution in [1.82, 2.24) is 29.0 Å². The van der Waals surface area contributed by atoms with Gasteiger partial charge in [0.15, 0.2) is 5.52 Å². The van der Waals surface area contributed by atoms with Gasteiger partial charge in [-0.05, 0) is 44.4 Å². The van der Waals surface area contributed by atoms with Crippen LogP contribution >= 0.6 is 0 Å². The van der Waals surface area contributed by atoms with E-state index >= 15 is 0 Å². The third-order valence-electron chi connectivity index (χ3n) is 7.51. The molecule has 2 fully saturated rings. The highest BCUT2D eigenvalue weighted by Gasteiger charge is 2.32. The Kier molecular flexibility index (Phi) is 7.37. The number of aromatic amines is 1. The van der Waals surface area contributed by atoms with Crippen molar-refractivity contribution in [3.8, 4) is 17.1 Å². The first kappa shape index (κ1) is 25.9. The molecule has 37 heavy (non-hydrogen) atoms. The van der Waals surface area contributed by atoms with Crippen LogP contribution < -0.4 is 10.3 Å². The number of ether oxygens (including phenoxy) is 1. The van der Waals surface area contributed by atoms with Gasteiger partial charge in [0.25, 0.3) is 5.56 Å². The van der Waals surface area contributed by atoms with Crippen LogP contribution in [-0.2, 0) is 23.5 Å². The molecule has 0 bridgehead atoms. The molecule has 0 amide bonds. The molecule has 10 nitrogen and oxygen atoms in total. The van der Waals surface area contributed by atoms with Gasteiger partial charge in [-0.1, -0.05) is 26.2 Å². The summed E-state index contributed by atoms with van der Waals surface area (Å²) in [5, 5.41) is 4.48. The van der Waals surface area contributed by atoms with Crippen molar-refractivity contribution in [2.75, 3.05) is 32.8 Å². The van der Waals surface area contributed by atoms with Crippen LogP contribution in [0, 0.1) is 0 Å². The van der Waals surface area contributed by atoms with Crippen molar-refractivity contribution in [1.29, 1.82) is 0 Å². The summed E-state index contributed by atoms with van der Waals surface area (Å²) in [6.07, 6.45) is 6.50. The van der Waals surface area contributed by atoms with Crippen molar-refractivity contribution in [3.05, 3.63) is 34.2 Å². The first-order valence-corrected chi connectivity index (χ1v) is 14.7. The fourth-order valence-electron chi connectivity index (χ4n) is 5.64. The Morgan fingerprint density at radius 3 is 2.51 bits per heavy atom. The standard InChI is InChI=1S/C26H36N6O4S/c1-4-8-21-23-24(30(3)29-21)26(33)28-25(27-23)20-17-19(11-12-22(20)36-5-2)37(34,35)32-15-13-31(14-16-32)18-9-6-7-10-18/h11-12,17-18H,4-10,13-16H2,1-3H3,(H,27,28,33). The maximum Gasteiger partial charge on any atom is 0.277 e. The van der Waals surface area contributed by atoms with Crippen LogP contribution in [0.2, 0.25) is 0 Å². The predicted molar refractivity (Wildman–Crippen MR) is 142 cm³/mol. The number of sulfonamides is 1. The molecule has 1 N–H and O–H groups in total. The van der Waals surface area contributed by atoms with E-state index < -0.39 is 10.0 Å². The van der Waals surface area contributed by atoms with Gasteiger partial charge in [-0.2, -0.15) is 9.40 Å². The van der Waals surface area contributed by atoms with Crippen molar-refractivity contribution < 1.29 is 13.2 Å². The van der Waals surface area contributed by atoms with Gasteiger partial charge >= 0.3 is 0 Å². The van der Waals surface area contributed by atoms with E-state index in [0.717, 1.165) is 25.2 Å². The van der Waals surface area contributed by atoms with Gasteiger partial charge in [0.1, 0.15) is 17.1 Å². The summed E-state index contributed by atoms with van der Waals surface area (Å²) in [7, 11) is -2.00. The number of rotatable bonds is 8. The van der Waals surface area contributed by atoms with Crippen LogP contribution in [0.1, 0.15) is 51.6 Å². The lowest BCUT2D eigenvalue weighted by Crippen LogP contribution is -2.51. The average molecular weight is 529 g/mol. The zero-order valence-corrected chi connectivity index (χ0v) is 22.7. The van der Waals surface area contributed by atoms with Crippen molar-refractivity contribution in [2.45, 2.75) is 63.3 Å². The lowest BCUT2D eigenvalue weighted by Gasteiger charge is -2.37. The molecule has 2 aromatic heterocycles. The Labute approximate surface area is 217 Å². The molecule has 1 aliphatic heterocycles. The molecule has 0 atom stereocenters. The fraction of sp³-hybridized carbons (Fsp3) is 0.577.